The Morgan fingerprint density at radius 3 is 2.30 bits per heavy atom. The molecular weight excluding hydrogens is 280 g/mol. The number of aliphatic hydroxyl groups is 1. The predicted molar refractivity (Wildman–Crippen MR) is 78.3 cm³/mol. The van der Waals surface area contributed by atoms with Crippen LogP contribution in [0, 0.1) is 0 Å². The molecule has 0 heterocycles. The van der Waals surface area contributed by atoms with E-state index in [0.29, 0.717) is 10.7 Å². The number of halogens is 1. The Balaban J connectivity index is 3.04. The highest BCUT2D eigenvalue weighted by atomic mass is 35.5. The summed E-state index contributed by atoms with van der Waals surface area (Å²) in [6.45, 7) is 4.72. The highest BCUT2D eigenvalue weighted by Gasteiger charge is 2.34. The number of carbonyl (C=O) groups is 2. The molecule has 0 bridgehead atoms. The lowest BCUT2D eigenvalue weighted by Gasteiger charge is -2.29. The highest BCUT2D eigenvalue weighted by Crippen LogP contribution is 2.25. The quantitative estimate of drug-likeness (QED) is 0.838. The lowest BCUT2D eigenvalue weighted by Crippen LogP contribution is -2.54. The normalized spacial score (nSPS) is 11.1. The molecule has 0 fully saturated rings. The van der Waals surface area contributed by atoms with E-state index in [2.05, 4.69) is 5.43 Å². The largest absolute Gasteiger partial charge is 0.380 e. The average molecular weight is 299 g/mol. The lowest BCUT2D eigenvalue weighted by molar-refractivity contribution is -0.141. The summed E-state index contributed by atoms with van der Waals surface area (Å²) in [6, 6.07) is 6.65. The Morgan fingerprint density at radius 1 is 1.30 bits per heavy atom. The monoisotopic (exact) mass is 298 g/mol. The third kappa shape index (κ3) is 3.49. The molecule has 5 nitrogen and oxygen atoms in total. The van der Waals surface area contributed by atoms with Gasteiger partial charge in [0.1, 0.15) is 5.60 Å². The minimum atomic E-state index is -1.51. The van der Waals surface area contributed by atoms with E-state index < -0.39 is 17.4 Å². The first-order chi connectivity index (χ1) is 9.35. The SMILES string of the molecule is CCC(O)(CC)C(=O)NN(C(C)=O)c1ccccc1Cl. The molecule has 2 amide bonds. The fourth-order valence-electron chi connectivity index (χ4n) is 1.72. The van der Waals surface area contributed by atoms with Crippen molar-refractivity contribution in [2.45, 2.75) is 39.2 Å². The van der Waals surface area contributed by atoms with Gasteiger partial charge in [0.2, 0.25) is 5.91 Å². The minimum Gasteiger partial charge on any atom is -0.380 e. The van der Waals surface area contributed by atoms with Crippen molar-refractivity contribution in [3.63, 3.8) is 0 Å². The van der Waals surface area contributed by atoms with Gasteiger partial charge in [-0.1, -0.05) is 37.6 Å². The van der Waals surface area contributed by atoms with Gasteiger partial charge in [0, 0.05) is 6.92 Å². The van der Waals surface area contributed by atoms with Crippen LogP contribution in [0.2, 0.25) is 5.02 Å². The van der Waals surface area contributed by atoms with Crippen molar-refractivity contribution in [2.24, 2.45) is 0 Å². The number of nitrogens with zero attached hydrogens (tertiary/aromatic N) is 1. The molecular formula is C14H19ClN2O3. The first-order valence-corrected chi connectivity index (χ1v) is 6.82. The molecule has 0 spiro atoms. The zero-order valence-corrected chi connectivity index (χ0v) is 12.6. The number of anilines is 1. The first-order valence-electron chi connectivity index (χ1n) is 6.44. The van der Waals surface area contributed by atoms with Gasteiger partial charge in [-0.3, -0.25) is 15.0 Å². The summed E-state index contributed by atoms with van der Waals surface area (Å²) in [5.74, 6) is -1.03. The number of carbonyl (C=O) groups excluding carboxylic acids is 2. The number of nitrogens with one attached hydrogen (secondary N) is 1. The Hall–Kier alpha value is -1.59. The van der Waals surface area contributed by atoms with E-state index in [9.17, 15) is 14.7 Å². The number of para-hydroxylation sites is 1. The van der Waals surface area contributed by atoms with Gasteiger partial charge in [-0.05, 0) is 25.0 Å². The Kier molecular flexibility index (Phi) is 5.53. The maximum Gasteiger partial charge on any atom is 0.270 e. The van der Waals surface area contributed by atoms with E-state index in [1.807, 2.05) is 0 Å². The molecule has 1 aromatic rings. The van der Waals surface area contributed by atoms with E-state index in [1.165, 1.54) is 6.92 Å². The molecule has 0 atom stereocenters. The smallest absolute Gasteiger partial charge is 0.270 e. The van der Waals surface area contributed by atoms with Gasteiger partial charge >= 0.3 is 0 Å². The van der Waals surface area contributed by atoms with Crippen molar-refractivity contribution in [3.8, 4) is 0 Å². The van der Waals surface area contributed by atoms with Gasteiger partial charge < -0.3 is 5.11 Å². The van der Waals surface area contributed by atoms with Crippen LogP contribution >= 0.6 is 11.6 Å². The van der Waals surface area contributed by atoms with E-state index in [4.69, 9.17) is 11.6 Å². The van der Waals surface area contributed by atoms with Crippen molar-refractivity contribution < 1.29 is 14.7 Å². The number of hydrogen-bond acceptors (Lipinski definition) is 3. The molecule has 0 aliphatic carbocycles. The molecule has 0 saturated carbocycles. The third-order valence-corrected chi connectivity index (χ3v) is 3.53. The molecule has 6 heteroatoms. The fraction of sp³-hybridized carbons (Fsp3) is 0.429. The van der Waals surface area contributed by atoms with Gasteiger partial charge in [-0.2, -0.15) is 0 Å². The molecule has 20 heavy (non-hydrogen) atoms. The van der Waals surface area contributed by atoms with E-state index >= 15 is 0 Å². The average Bonchev–Trinajstić information content (AvgIpc) is 2.44. The molecule has 0 aliphatic rings. The van der Waals surface area contributed by atoms with Crippen molar-refractivity contribution in [2.75, 3.05) is 5.01 Å². The fourth-order valence-corrected chi connectivity index (χ4v) is 1.94. The topological polar surface area (TPSA) is 69.6 Å². The Labute approximate surface area is 123 Å². The summed E-state index contributed by atoms with van der Waals surface area (Å²) in [4.78, 5) is 23.8. The standard InChI is InChI=1S/C14H19ClN2O3/c1-4-14(20,5-2)13(19)16-17(10(3)18)12-9-7-6-8-11(12)15/h6-9,20H,4-5H2,1-3H3,(H,16,19). The third-order valence-electron chi connectivity index (χ3n) is 3.21. The summed E-state index contributed by atoms with van der Waals surface area (Å²) < 4.78 is 0. The zero-order chi connectivity index (χ0) is 15.3. The van der Waals surface area contributed by atoms with Crippen molar-refractivity contribution in [3.05, 3.63) is 29.3 Å². The number of benzene rings is 1. The summed E-state index contributed by atoms with van der Waals surface area (Å²) in [7, 11) is 0. The number of hydrazine groups is 1. The minimum absolute atomic E-state index is 0.254. The van der Waals surface area contributed by atoms with Gasteiger partial charge in [0.05, 0.1) is 10.7 Å². The zero-order valence-electron chi connectivity index (χ0n) is 11.8. The van der Waals surface area contributed by atoms with Crippen LogP contribution in [0.3, 0.4) is 0 Å². The number of hydrogen-bond donors (Lipinski definition) is 2. The van der Waals surface area contributed by atoms with Crippen molar-refractivity contribution in [1.29, 1.82) is 0 Å². The summed E-state index contributed by atoms with van der Waals surface area (Å²) in [6.07, 6.45) is 0.507. The molecule has 0 aromatic heterocycles. The van der Waals surface area contributed by atoms with Crippen LogP contribution in [0.4, 0.5) is 5.69 Å². The summed E-state index contributed by atoms with van der Waals surface area (Å²) >= 11 is 6.02. The lowest BCUT2D eigenvalue weighted by atomic mass is 9.97. The number of rotatable bonds is 4. The van der Waals surface area contributed by atoms with Crippen molar-refractivity contribution in [1.82, 2.24) is 5.43 Å². The van der Waals surface area contributed by atoms with E-state index in [1.54, 1.807) is 38.1 Å². The molecule has 0 radical (unpaired) electrons. The van der Waals surface area contributed by atoms with Crippen LogP contribution in [-0.2, 0) is 9.59 Å². The molecule has 1 rings (SSSR count). The maximum atomic E-state index is 12.1. The molecule has 1 aromatic carbocycles. The van der Waals surface area contributed by atoms with Crippen LogP contribution in [0.1, 0.15) is 33.6 Å². The van der Waals surface area contributed by atoms with Crippen molar-refractivity contribution >= 4 is 29.1 Å². The van der Waals surface area contributed by atoms with Crippen LogP contribution in [0.5, 0.6) is 0 Å². The van der Waals surface area contributed by atoms with Crippen LogP contribution in [-0.4, -0.2) is 22.5 Å². The second-order valence-corrected chi connectivity index (χ2v) is 4.89. The molecule has 0 saturated heterocycles. The molecule has 2 N–H and O–H groups in total. The number of amides is 2. The summed E-state index contributed by atoms with van der Waals surface area (Å²) in [5, 5.41) is 11.5. The van der Waals surface area contributed by atoms with E-state index in [-0.39, 0.29) is 12.8 Å². The molecule has 110 valence electrons. The predicted octanol–water partition coefficient (Wildman–Crippen LogP) is 2.28. The van der Waals surface area contributed by atoms with Gasteiger partial charge in [0.25, 0.3) is 5.91 Å². The van der Waals surface area contributed by atoms with Gasteiger partial charge in [0.15, 0.2) is 0 Å². The van der Waals surface area contributed by atoms with Crippen LogP contribution in [0.25, 0.3) is 0 Å². The van der Waals surface area contributed by atoms with Crippen LogP contribution in [0.15, 0.2) is 24.3 Å². The molecule has 0 aliphatic heterocycles. The second kappa shape index (κ2) is 6.72. The van der Waals surface area contributed by atoms with Gasteiger partial charge in [-0.25, -0.2) is 5.01 Å². The first kappa shape index (κ1) is 16.5. The Bertz CT molecular complexity index is 501. The highest BCUT2D eigenvalue weighted by molar-refractivity contribution is 6.33. The van der Waals surface area contributed by atoms with Crippen LogP contribution < -0.4 is 10.4 Å². The molecule has 0 unspecified atom stereocenters. The van der Waals surface area contributed by atoms with Gasteiger partial charge in [-0.15, -0.1) is 0 Å². The maximum absolute atomic E-state index is 12.1. The second-order valence-electron chi connectivity index (χ2n) is 4.49. The summed E-state index contributed by atoms with van der Waals surface area (Å²) in [5.41, 5.74) is 1.29. The Morgan fingerprint density at radius 2 is 1.85 bits per heavy atom. The van der Waals surface area contributed by atoms with E-state index in [0.717, 1.165) is 5.01 Å².